The maximum atomic E-state index is 13.3. The van der Waals surface area contributed by atoms with Gasteiger partial charge < -0.3 is 24.7 Å². The van der Waals surface area contributed by atoms with Gasteiger partial charge in [-0.3, -0.25) is 9.69 Å². The number of ether oxygens (including phenoxy) is 1. The molecule has 3 amide bonds. The van der Waals surface area contributed by atoms with E-state index in [1.165, 1.54) is 4.90 Å². The molecule has 168 valence electrons. The molecule has 0 aromatic heterocycles. The number of fused-ring (bicyclic) bond motifs is 3. The van der Waals surface area contributed by atoms with Crippen LogP contribution in [0.15, 0.2) is 0 Å². The van der Waals surface area contributed by atoms with Gasteiger partial charge in [0.15, 0.2) is 0 Å². The standard InChI is InChI=1S/C21H33N3O6/c1-20(2,3)30-19(29)23-11-21(12-23)6-8-22(9-7-21)17(26)16-14-5-4-13(10-15(14)25)24(16)18(27)28/h13-16,25H,4-12H2,1-3H3,(H,27,28)/t13-,14+,15+,16-/m0/s1. The van der Waals surface area contributed by atoms with Crippen molar-refractivity contribution >= 4 is 18.1 Å². The van der Waals surface area contributed by atoms with E-state index in [0.717, 1.165) is 12.8 Å². The monoisotopic (exact) mass is 423 g/mol. The summed E-state index contributed by atoms with van der Waals surface area (Å²) in [7, 11) is 0. The average molecular weight is 424 g/mol. The van der Waals surface area contributed by atoms with Gasteiger partial charge in [-0.25, -0.2) is 9.59 Å². The first-order chi connectivity index (χ1) is 14.0. The van der Waals surface area contributed by atoms with E-state index >= 15 is 0 Å². The maximum Gasteiger partial charge on any atom is 0.410 e. The molecule has 5 rings (SSSR count). The van der Waals surface area contributed by atoms with Crippen LogP contribution in [0.3, 0.4) is 0 Å². The van der Waals surface area contributed by atoms with Crippen LogP contribution in [0.25, 0.3) is 0 Å². The Kier molecular flexibility index (Phi) is 5.15. The molecule has 2 N–H and O–H groups in total. The van der Waals surface area contributed by atoms with Crippen molar-refractivity contribution in [2.24, 2.45) is 11.3 Å². The van der Waals surface area contributed by atoms with Gasteiger partial charge in [0.2, 0.25) is 5.91 Å². The summed E-state index contributed by atoms with van der Waals surface area (Å²) in [6.07, 6.45) is 1.41. The third kappa shape index (κ3) is 3.72. The van der Waals surface area contributed by atoms with Gasteiger partial charge in [-0.05, 0) is 52.9 Å². The average Bonchev–Trinajstić information content (AvgIpc) is 2.63. The predicted molar refractivity (Wildman–Crippen MR) is 107 cm³/mol. The van der Waals surface area contributed by atoms with Gasteiger partial charge in [0.1, 0.15) is 11.6 Å². The van der Waals surface area contributed by atoms with E-state index in [1.54, 1.807) is 9.80 Å². The topological polar surface area (TPSA) is 111 Å². The molecule has 4 aliphatic heterocycles. The molecule has 4 heterocycles. The molecule has 9 heteroatoms. The minimum absolute atomic E-state index is 0.0191. The lowest BCUT2D eigenvalue weighted by molar-refractivity contribution is -0.155. The van der Waals surface area contributed by atoms with Crippen molar-refractivity contribution in [2.45, 2.75) is 76.7 Å². The smallest absolute Gasteiger partial charge is 0.410 e. The Bertz CT molecular complexity index is 719. The summed E-state index contributed by atoms with van der Waals surface area (Å²) in [5, 5.41) is 20.0. The zero-order valence-corrected chi connectivity index (χ0v) is 18.0. The second kappa shape index (κ2) is 7.28. The fourth-order valence-corrected chi connectivity index (χ4v) is 5.70. The molecular formula is C21H33N3O6. The van der Waals surface area contributed by atoms with Crippen LogP contribution >= 0.6 is 0 Å². The first-order valence-corrected chi connectivity index (χ1v) is 11.0. The van der Waals surface area contributed by atoms with Gasteiger partial charge in [0, 0.05) is 43.6 Å². The largest absolute Gasteiger partial charge is 0.465 e. The third-order valence-corrected chi connectivity index (χ3v) is 7.25. The van der Waals surface area contributed by atoms with Crippen LogP contribution in [0.1, 0.15) is 52.9 Å². The van der Waals surface area contributed by atoms with Gasteiger partial charge in [-0.15, -0.1) is 0 Å². The first kappa shape index (κ1) is 21.2. The fraction of sp³-hybridized carbons (Fsp3) is 0.857. The number of rotatable bonds is 1. The van der Waals surface area contributed by atoms with Crippen LogP contribution in [-0.4, -0.2) is 93.0 Å². The summed E-state index contributed by atoms with van der Waals surface area (Å²) in [5.74, 6) is -0.495. The van der Waals surface area contributed by atoms with Crippen LogP contribution in [0, 0.1) is 11.3 Å². The molecular weight excluding hydrogens is 390 g/mol. The first-order valence-electron chi connectivity index (χ1n) is 11.0. The molecule has 0 aromatic rings. The van der Waals surface area contributed by atoms with E-state index in [1.807, 2.05) is 20.8 Å². The second-order valence-corrected chi connectivity index (χ2v) is 10.5. The maximum absolute atomic E-state index is 13.3. The van der Waals surface area contributed by atoms with Gasteiger partial charge in [0.25, 0.3) is 0 Å². The van der Waals surface area contributed by atoms with E-state index in [4.69, 9.17) is 4.74 Å². The second-order valence-electron chi connectivity index (χ2n) is 10.5. The van der Waals surface area contributed by atoms with Crippen molar-refractivity contribution in [3.63, 3.8) is 0 Å². The van der Waals surface area contributed by atoms with Crippen LogP contribution in [0.4, 0.5) is 9.59 Å². The highest BCUT2D eigenvalue weighted by molar-refractivity contribution is 5.86. The SMILES string of the molecule is CC(C)(C)OC(=O)N1CC2(CCN(C(=O)[C@@H]3[C@@H]4CC[C@@H](C[C@H]4O)N3C(=O)O)CC2)C1. The van der Waals surface area contributed by atoms with Crippen LogP contribution in [0.2, 0.25) is 0 Å². The Hall–Kier alpha value is -2.03. The van der Waals surface area contributed by atoms with Gasteiger partial charge in [-0.1, -0.05) is 0 Å². The van der Waals surface area contributed by atoms with Gasteiger partial charge in [0.05, 0.1) is 6.10 Å². The zero-order chi connectivity index (χ0) is 21.8. The van der Waals surface area contributed by atoms with Crippen molar-refractivity contribution in [1.29, 1.82) is 0 Å². The number of aliphatic hydroxyl groups is 1. The molecule has 1 aliphatic carbocycles. The molecule has 5 fully saturated rings. The quantitative estimate of drug-likeness (QED) is 0.665. The molecule has 9 nitrogen and oxygen atoms in total. The van der Waals surface area contributed by atoms with E-state index < -0.39 is 23.8 Å². The highest BCUT2D eigenvalue weighted by atomic mass is 16.6. The Morgan fingerprint density at radius 1 is 1.03 bits per heavy atom. The normalized spacial score (nSPS) is 32.7. The minimum Gasteiger partial charge on any atom is -0.465 e. The zero-order valence-electron chi connectivity index (χ0n) is 18.0. The van der Waals surface area contributed by atoms with Crippen molar-refractivity contribution in [2.75, 3.05) is 26.2 Å². The molecule has 4 saturated heterocycles. The Labute approximate surface area is 176 Å². The van der Waals surface area contributed by atoms with E-state index in [-0.39, 0.29) is 29.4 Å². The molecule has 30 heavy (non-hydrogen) atoms. The van der Waals surface area contributed by atoms with Crippen LogP contribution in [-0.2, 0) is 9.53 Å². The van der Waals surface area contributed by atoms with Crippen molar-refractivity contribution in [3.05, 3.63) is 0 Å². The van der Waals surface area contributed by atoms with Gasteiger partial charge >= 0.3 is 12.2 Å². The number of carboxylic acid groups (broad SMARTS) is 1. The van der Waals surface area contributed by atoms with E-state index in [2.05, 4.69) is 0 Å². The van der Waals surface area contributed by atoms with Crippen molar-refractivity contribution in [3.8, 4) is 0 Å². The highest BCUT2D eigenvalue weighted by Gasteiger charge is 2.54. The summed E-state index contributed by atoms with van der Waals surface area (Å²) in [5.41, 5.74) is -0.499. The molecule has 0 aromatic carbocycles. The Balaban J connectivity index is 1.35. The number of piperidine rings is 3. The Morgan fingerprint density at radius 2 is 1.67 bits per heavy atom. The van der Waals surface area contributed by atoms with Crippen LogP contribution < -0.4 is 0 Å². The number of nitrogens with zero attached hydrogens (tertiary/aromatic N) is 3. The number of amides is 3. The lowest BCUT2D eigenvalue weighted by Crippen LogP contribution is -2.68. The summed E-state index contributed by atoms with van der Waals surface area (Å²) in [6.45, 7) is 7.92. The molecule has 2 bridgehead atoms. The number of aliphatic hydroxyl groups excluding tert-OH is 1. The summed E-state index contributed by atoms with van der Waals surface area (Å²) in [4.78, 5) is 42.1. The molecule has 0 radical (unpaired) electrons. The summed E-state index contributed by atoms with van der Waals surface area (Å²) < 4.78 is 5.42. The molecule has 1 saturated carbocycles. The lowest BCUT2D eigenvalue weighted by Gasteiger charge is -2.55. The van der Waals surface area contributed by atoms with Crippen molar-refractivity contribution in [1.82, 2.24) is 14.7 Å². The number of hydrogen-bond donors (Lipinski definition) is 2. The number of likely N-dealkylation sites (tertiary alicyclic amines) is 2. The van der Waals surface area contributed by atoms with E-state index in [9.17, 15) is 24.6 Å². The molecule has 1 spiro atoms. The number of hydrogen-bond acceptors (Lipinski definition) is 5. The van der Waals surface area contributed by atoms with E-state index in [0.29, 0.717) is 45.4 Å². The van der Waals surface area contributed by atoms with Crippen LogP contribution in [0.5, 0.6) is 0 Å². The van der Waals surface area contributed by atoms with Gasteiger partial charge in [-0.2, -0.15) is 0 Å². The lowest BCUT2D eigenvalue weighted by atomic mass is 9.70. The fourth-order valence-electron chi connectivity index (χ4n) is 5.70. The molecule has 5 aliphatic rings. The predicted octanol–water partition coefficient (Wildman–Crippen LogP) is 1.74. The number of carbonyl (C=O) groups excluding carboxylic acids is 2. The summed E-state index contributed by atoms with van der Waals surface area (Å²) >= 11 is 0. The van der Waals surface area contributed by atoms with Crippen molar-refractivity contribution < 1.29 is 29.3 Å². The Morgan fingerprint density at radius 3 is 2.20 bits per heavy atom. The molecule has 0 unspecified atom stereocenters. The summed E-state index contributed by atoms with van der Waals surface area (Å²) in [6, 6.07) is -1.06. The number of carbonyl (C=O) groups is 3. The molecule has 4 atom stereocenters. The highest BCUT2D eigenvalue weighted by Crippen LogP contribution is 2.43. The minimum atomic E-state index is -1.07. The third-order valence-electron chi connectivity index (χ3n) is 7.25.